The van der Waals surface area contributed by atoms with E-state index in [1.165, 1.54) is 5.56 Å². The molecule has 1 saturated carbocycles. The van der Waals surface area contributed by atoms with Crippen molar-refractivity contribution < 1.29 is 9.53 Å². The minimum absolute atomic E-state index is 0.0142. The third kappa shape index (κ3) is 6.39. The van der Waals surface area contributed by atoms with Gasteiger partial charge in [0.05, 0.1) is 11.9 Å². The molecule has 1 aromatic carbocycles. The number of hydrogen-bond donors (Lipinski definition) is 6. The van der Waals surface area contributed by atoms with Gasteiger partial charge in [-0.15, -0.1) is 0 Å². The van der Waals surface area contributed by atoms with Crippen LogP contribution in [-0.4, -0.2) is 65.1 Å². The first kappa shape index (κ1) is 27.9. The summed E-state index contributed by atoms with van der Waals surface area (Å²) in [6, 6.07) is 6.34. The normalized spacial score (nSPS) is 20.4. The zero-order valence-corrected chi connectivity index (χ0v) is 23.0. The first-order valence-electron chi connectivity index (χ1n) is 14.4. The number of nitrogens with two attached hydrogens (primary N) is 2. The van der Waals surface area contributed by atoms with Crippen LogP contribution in [0.3, 0.4) is 0 Å². The number of hydrogen-bond acceptors (Lipinski definition) is 8. The van der Waals surface area contributed by atoms with Crippen LogP contribution in [0.5, 0.6) is 11.5 Å². The predicted octanol–water partition coefficient (Wildman–Crippen LogP) is 2.09. The fourth-order valence-corrected chi connectivity index (χ4v) is 6.13. The van der Waals surface area contributed by atoms with Crippen molar-refractivity contribution in [1.29, 1.82) is 5.41 Å². The second-order valence-electron chi connectivity index (χ2n) is 10.9. The smallest absolute Gasteiger partial charge is 0.350 e. The second kappa shape index (κ2) is 12.7. The van der Waals surface area contributed by atoms with E-state index in [4.69, 9.17) is 21.6 Å². The Hall–Kier alpha value is -3.64. The molecule has 3 aliphatic rings. The van der Waals surface area contributed by atoms with E-state index in [9.17, 15) is 9.59 Å². The van der Waals surface area contributed by atoms with E-state index in [-0.39, 0.29) is 36.1 Å². The van der Waals surface area contributed by atoms with Gasteiger partial charge in [0.15, 0.2) is 23.3 Å². The highest BCUT2D eigenvalue weighted by atomic mass is 16.5. The van der Waals surface area contributed by atoms with Crippen LogP contribution in [0, 0.1) is 5.41 Å². The number of anilines is 2. The van der Waals surface area contributed by atoms with Gasteiger partial charge in [0.1, 0.15) is 0 Å². The Bertz CT molecular complexity index is 1270. The number of benzene rings is 1. The molecule has 2 aliphatic heterocycles. The number of nitrogens with one attached hydrogen (secondary N) is 4. The summed E-state index contributed by atoms with van der Waals surface area (Å²) in [6.07, 6.45) is 8.07. The number of ether oxygens (including phenoxy) is 1. The molecule has 1 aromatic heterocycles. The molecular formula is C28H41N9O3. The third-order valence-corrected chi connectivity index (χ3v) is 8.28. The fraction of sp³-hybridized carbons (Fsp3) is 0.571. The summed E-state index contributed by atoms with van der Waals surface area (Å²) in [5, 5.41) is 16.7. The number of carbonyl (C=O) groups excluding carboxylic acids is 1. The molecule has 1 amide bonds. The molecule has 12 heteroatoms. The standard InChI is InChI=1S/C28H41N9O3/c29-11-1-15-36(25(38)10-14-33-27(30)31)20-3-5-21(6-4-20)37-17-24-26(35-28(37)39)34-22-16-19(2-7-23(22)40-24)18-8-12-32-13-9-18/h2,7,16-18,20-21,32H,1,3-6,8-15,29H2,(H4,30,31,33)(H,34,35,39). The zero-order valence-electron chi connectivity index (χ0n) is 23.0. The van der Waals surface area contributed by atoms with Crippen LogP contribution in [-0.2, 0) is 4.79 Å². The Balaban J connectivity index is 1.24. The van der Waals surface area contributed by atoms with Gasteiger partial charge in [-0.25, -0.2) is 4.79 Å². The molecular weight excluding hydrogens is 510 g/mol. The van der Waals surface area contributed by atoms with Crippen molar-refractivity contribution in [2.45, 2.75) is 69.4 Å². The molecule has 1 saturated heterocycles. The summed E-state index contributed by atoms with van der Waals surface area (Å²) in [7, 11) is 0. The number of aromatic nitrogens is 2. The Kier molecular flexibility index (Phi) is 8.85. The molecule has 0 atom stereocenters. The number of nitrogens with zero attached hydrogens (tertiary/aromatic N) is 3. The van der Waals surface area contributed by atoms with Crippen molar-refractivity contribution in [2.24, 2.45) is 11.5 Å². The topological polar surface area (TPSA) is 176 Å². The molecule has 216 valence electrons. The number of fused-ring (bicyclic) bond motifs is 2. The van der Waals surface area contributed by atoms with Gasteiger partial charge >= 0.3 is 5.69 Å². The van der Waals surface area contributed by atoms with E-state index in [1.807, 2.05) is 11.0 Å². The Morgan fingerprint density at radius 1 is 1.18 bits per heavy atom. The monoisotopic (exact) mass is 551 g/mol. The lowest BCUT2D eigenvalue weighted by Crippen LogP contribution is -2.45. The van der Waals surface area contributed by atoms with Crippen molar-refractivity contribution in [3.8, 4) is 11.5 Å². The van der Waals surface area contributed by atoms with Gasteiger partial charge < -0.3 is 37.1 Å². The molecule has 5 rings (SSSR count). The first-order valence-corrected chi connectivity index (χ1v) is 14.4. The van der Waals surface area contributed by atoms with Gasteiger partial charge in [-0.1, -0.05) is 6.07 Å². The average Bonchev–Trinajstić information content (AvgIpc) is 2.96. The van der Waals surface area contributed by atoms with Crippen LogP contribution < -0.4 is 37.8 Å². The van der Waals surface area contributed by atoms with Crippen LogP contribution in [0.4, 0.5) is 11.5 Å². The van der Waals surface area contributed by atoms with Gasteiger partial charge in [0, 0.05) is 31.6 Å². The maximum absolute atomic E-state index is 13.1. The lowest BCUT2D eigenvalue weighted by Gasteiger charge is -2.37. The number of carbonyl (C=O) groups is 1. The molecule has 40 heavy (non-hydrogen) atoms. The quantitative estimate of drug-likeness (QED) is 0.172. The molecule has 2 fully saturated rings. The SMILES string of the molecule is N=C(N)NCCC(=O)N(CCCN)C1CCC(n2cc3c(nc2=O)Nc2cc(C4CCNCC4)ccc2O3)CC1. The molecule has 0 unspecified atom stereocenters. The molecule has 0 radical (unpaired) electrons. The Labute approximate surface area is 234 Å². The van der Waals surface area contributed by atoms with Gasteiger partial charge in [-0.05, 0) is 88.2 Å². The maximum atomic E-state index is 13.1. The van der Waals surface area contributed by atoms with Crippen LogP contribution in [0.2, 0.25) is 0 Å². The predicted molar refractivity (Wildman–Crippen MR) is 154 cm³/mol. The summed E-state index contributed by atoms with van der Waals surface area (Å²) < 4.78 is 7.89. The van der Waals surface area contributed by atoms with E-state index < -0.39 is 0 Å². The maximum Gasteiger partial charge on any atom is 0.350 e. The van der Waals surface area contributed by atoms with Crippen LogP contribution in [0.15, 0.2) is 29.2 Å². The van der Waals surface area contributed by atoms with E-state index in [1.54, 1.807) is 10.8 Å². The molecule has 0 spiro atoms. The summed E-state index contributed by atoms with van der Waals surface area (Å²) in [6.45, 7) is 3.49. The highest BCUT2D eigenvalue weighted by Gasteiger charge is 2.31. The van der Waals surface area contributed by atoms with E-state index in [0.29, 0.717) is 37.1 Å². The molecule has 3 heterocycles. The Morgan fingerprint density at radius 3 is 2.67 bits per heavy atom. The molecule has 1 aliphatic carbocycles. The summed E-state index contributed by atoms with van der Waals surface area (Å²) >= 11 is 0. The van der Waals surface area contributed by atoms with Gasteiger partial charge in [0.25, 0.3) is 0 Å². The fourth-order valence-electron chi connectivity index (χ4n) is 6.13. The van der Waals surface area contributed by atoms with Gasteiger partial charge in [0.2, 0.25) is 5.91 Å². The zero-order chi connectivity index (χ0) is 28.1. The van der Waals surface area contributed by atoms with Gasteiger partial charge in [-0.2, -0.15) is 4.98 Å². The van der Waals surface area contributed by atoms with Crippen molar-refractivity contribution in [3.05, 3.63) is 40.4 Å². The van der Waals surface area contributed by atoms with Crippen LogP contribution in [0.1, 0.15) is 68.9 Å². The highest BCUT2D eigenvalue weighted by molar-refractivity contribution is 5.78. The van der Waals surface area contributed by atoms with Crippen LogP contribution in [0.25, 0.3) is 0 Å². The minimum atomic E-state index is -0.303. The lowest BCUT2D eigenvalue weighted by atomic mass is 9.89. The molecule has 8 N–H and O–H groups in total. The minimum Gasteiger partial charge on any atom is -0.450 e. The second-order valence-corrected chi connectivity index (χ2v) is 10.9. The third-order valence-electron chi connectivity index (χ3n) is 8.28. The lowest BCUT2D eigenvalue weighted by molar-refractivity contribution is -0.134. The summed E-state index contributed by atoms with van der Waals surface area (Å²) in [4.78, 5) is 32.3. The van der Waals surface area contributed by atoms with Gasteiger partial charge in [-0.3, -0.25) is 14.8 Å². The number of rotatable bonds is 9. The Morgan fingerprint density at radius 2 is 1.95 bits per heavy atom. The van der Waals surface area contributed by atoms with E-state index in [2.05, 4.69) is 33.1 Å². The average molecular weight is 552 g/mol. The summed E-state index contributed by atoms with van der Waals surface area (Å²) in [5.41, 5.74) is 12.9. The number of guanidine groups is 1. The van der Waals surface area contributed by atoms with Crippen molar-refractivity contribution >= 4 is 23.4 Å². The van der Waals surface area contributed by atoms with Crippen molar-refractivity contribution in [1.82, 2.24) is 25.1 Å². The van der Waals surface area contributed by atoms with E-state index in [0.717, 1.165) is 69.5 Å². The number of amides is 1. The molecule has 12 nitrogen and oxygen atoms in total. The first-order chi connectivity index (χ1) is 19.4. The highest BCUT2D eigenvalue weighted by Crippen LogP contribution is 2.43. The molecule has 2 aromatic rings. The van der Waals surface area contributed by atoms with Crippen molar-refractivity contribution in [3.63, 3.8) is 0 Å². The van der Waals surface area contributed by atoms with Crippen molar-refractivity contribution in [2.75, 3.05) is 38.0 Å². The summed E-state index contributed by atoms with van der Waals surface area (Å²) in [5.74, 6) is 2.12. The largest absolute Gasteiger partial charge is 0.450 e. The number of piperidine rings is 1. The molecule has 0 bridgehead atoms. The van der Waals surface area contributed by atoms with E-state index >= 15 is 0 Å². The van der Waals surface area contributed by atoms with Crippen LogP contribution >= 0.6 is 0 Å².